The van der Waals surface area contributed by atoms with Gasteiger partial charge in [0.05, 0.1) is 27.5 Å². The monoisotopic (exact) mass is 382 g/mol. The summed E-state index contributed by atoms with van der Waals surface area (Å²) in [7, 11) is 0. The predicted octanol–water partition coefficient (Wildman–Crippen LogP) is 4.47. The van der Waals surface area contributed by atoms with Gasteiger partial charge in [-0.3, -0.25) is 4.98 Å². The smallest absolute Gasteiger partial charge is 0.322 e. The lowest BCUT2D eigenvalue weighted by atomic mass is 10.0. The van der Waals surface area contributed by atoms with Gasteiger partial charge in [0.2, 0.25) is 0 Å². The number of aromatic nitrogens is 2. The Morgan fingerprint density at radius 2 is 2.30 bits per heavy atom. The number of hydrogen-bond donors (Lipinski definition) is 1. The van der Waals surface area contributed by atoms with E-state index in [0.29, 0.717) is 6.61 Å². The van der Waals surface area contributed by atoms with Crippen LogP contribution in [0.4, 0.5) is 10.5 Å². The molecule has 6 nitrogen and oxygen atoms in total. The van der Waals surface area contributed by atoms with Crippen LogP contribution >= 0.6 is 11.3 Å². The maximum Gasteiger partial charge on any atom is 0.322 e. The van der Waals surface area contributed by atoms with Crippen molar-refractivity contribution in [3.63, 3.8) is 0 Å². The van der Waals surface area contributed by atoms with Gasteiger partial charge in [0.1, 0.15) is 12.4 Å². The van der Waals surface area contributed by atoms with E-state index in [1.54, 1.807) is 23.7 Å². The van der Waals surface area contributed by atoms with E-state index in [1.807, 2.05) is 42.2 Å². The van der Waals surface area contributed by atoms with E-state index < -0.39 is 0 Å². The third-order valence-electron chi connectivity index (χ3n) is 4.71. The molecule has 2 aromatic heterocycles. The van der Waals surface area contributed by atoms with Crippen LogP contribution < -0.4 is 10.1 Å². The highest BCUT2D eigenvalue weighted by atomic mass is 32.1. The fraction of sp³-hybridized carbons (Fsp3) is 0.350. The van der Waals surface area contributed by atoms with E-state index in [9.17, 15) is 4.79 Å². The average molecular weight is 382 g/mol. The lowest BCUT2D eigenvalue weighted by Gasteiger charge is -2.35. The minimum atomic E-state index is -0.0826. The van der Waals surface area contributed by atoms with Gasteiger partial charge in [-0.1, -0.05) is 0 Å². The lowest BCUT2D eigenvalue weighted by molar-refractivity contribution is 0.124. The molecule has 3 aromatic rings. The van der Waals surface area contributed by atoms with Crippen molar-refractivity contribution in [1.82, 2.24) is 14.9 Å². The van der Waals surface area contributed by atoms with E-state index in [2.05, 4.69) is 15.3 Å². The number of urea groups is 1. The molecule has 0 radical (unpaired) electrons. The van der Waals surface area contributed by atoms with Gasteiger partial charge in [-0.25, -0.2) is 9.78 Å². The second kappa shape index (κ2) is 7.92. The first-order chi connectivity index (χ1) is 13.2. The number of ether oxygens (including phenoxy) is 1. The molecule has 1 N–H and O–H groups in total. The minimum Gasteiger partial charge on any atom is -0.490 e. The number of fused-ring (bicyclic) bond motifs is 1. The first-order valence-corrected chi connectivity index (χ1v) is 9.98. The zero-order valence-electron chi connectivity index (χ0n) is 15.2. The molecular weight excluding hydrogens is 360 g/mol. The maximum atomic E-state index is 12.9. The van der Waals surface area contributed by atoms with E-state index in [-0.39, 0.29) is 12.1 Å². The number of piperidine rings is 1. The molecule has 1 aliphatic rings. The Hall–Kier alpha value is -2.67. The summed E-state index contributed by atoms with van der Waals surface area (Å²) < 4.78 is 6.97. The molecule has 7 heteroatoms. The Kier molecular flexibility index (Phi) is 5.20. The third kappa shape index (κ3) is 4.19. The van der Waals surface area contributed by atoms with Gasteiger partial charge in [-0.2, -0.15) is 0 Å². The third-order valence-corrected chi connectivity index (χ3v) is 5.66. The summed E-state index contributed by atoms with van der Waals surface area (Å²) in [4.78, 5) is 23.3. The Balaban J connectivity index is 1.43. The molecule has 1 atom stereocenters. The first kappa shape index (κ1) is 17.7. The number of carbonyl (C=O) groups is 1. The van der Waals surface area contributed by atoms with Crippen LogP contribution in [0.25, 0.3) is 10.2 Å². The topological polar surface area (TPSA) is 67.4 Å². The number of thiazole rings is 1. The summed E-state index contributed by atoms with van der Waals surface area (Å²) in [5.74, 6) is 0.729. The summed E-state index contributed by atoms with van der Waals surface area (Å²) in [6.45, 7) is 3.21. The molecule has 1 saturated heterocycles. The van der Waals surface area contributed by atoms with Crippen LogP contribution in [0.3, 0.4) is 0 Å². The Morgan fingerprint density at radius 3 is 3.15 bits per heavy atom. The van der Waals surface area contributed by atoms with Crippen molar-refractivity contribution in [2.45, 2.75) is 32.2 Å². The number of rotatable bonds is 4. The molecule has 1 aromatic carbocycles. The number of carbonyl (C=O) groups excluding carboxylic acids is 1. The molecule has 0 bridgehead atoms. The number of hydrogen-bond acceptors (Lipinski definition) is 5. The molecule has 2 amide bonds. The SMILES string of the molecule is Cc1nc2cc(NC(=O)N3CCCCC3COc3cccnc3)ccc2s1. The van der Waals surface area contributed by atoms with Gasteiger partial charge in [-0.05, 0) is 56.5 Å². The van der Waals surface area contributed by atoms with E-state index >= 15 is 0 Å². The molecule has 0 aliphatic carbocycles. The summed E-state index contributed by atoms with van der Waals surface area (Å²) in [5.41, 5.74) is 1.70. The van der Waals surface area contributed by atoms with Crippen molar-refractivity contribution in [3.05, 3.63) is 47.7 Å². The molecule has 140 valence electrons. The quantitative estimate of drug-likeness (QED) is 0.723. The second-order valence-electron chi connectivity index (χ2n) is 6.69. The van der Waals surface area contributed by atoms with Crippen LogP contribution in [-0.4, -0.2) is 40.1 Å². The molecule has 1 unspecified atom stereocenters. The Morgan fingerprint density at radius 1 is 1.37 bits per heavy atom. The Bertz CT molecular complexity index is 928. The number of aryl methyl sites for hydroxylation is 1. The predicted molar refractivity (Wildman–Crippen MR) is 107 cm³/mol. The molecule has 27 heavy (non-hydrogen) atoms. The van der Waals surface area contributed by atoms with Crippen LogP contribution in [-0.2, 0) is 0 Å². The summed E-state index contributed by atoms with van der Waals surface area (Å²) >= 11 is 1.66. The lowest BCUT2D eigenvalue weighted by Crippen LogP contribution is -2.48. The molecule has 0 spiro atoms. The van der Waals surface area contributed by atoms with Gasteiger partial charge in [0.15, 0.2) is 0 Å². The number of amides is 2. The molecule has 0 saturated carbocycles. The number of likely N-dealkylation sites (tertiary alicyclic amines) is 1. The molecule has 1 fully saturated rings. The van der Waals surface area contributed by atoms with E-state index in [4.69, 9.17) is 4.74 Å². The van der Waals surface area contributed by atoms with Crippen molar-refractivity contribution < 1.29 is 9.53 Å². The highest BCUT2D eigenvalue weighted by Crippen LogP contribution is 2.25. The van der Waals surface area contributed by atoms with Crippen molar-refractivity contribution in [1.29, 1.82) is 0 Å². The van der Waals surface area contributed by atoms with Crippen molar-refractivity contribution in [2.75, 3.05) is 18.5 Å². The van der Waals surface area contributed by atoms with Crippen LogP contribution in [0.1, 0.15) is 24.3 Å². The van der Waals surface area contributed by atoms with Crippen LogP contribution in [0, 0.1) is 6.92 Å². The number of anilines is 1. The average Bonchev–Trinajstić information content (AvgIpc) is 3.06. The Labute approximate surface area is 162 Å². The van der Waals surface area contributed by atoms with Gasteiger partial charge < -0.3 is 15.0 Å². The first-order valence-electron chi connectivity index (χ1n) is 9.17. The highest BCUT2D eigenvalue weighted by Gasteiger charge is 2.27. The second-order valence-corrected chi connectivity index (χ2v) is 7.92. The van der Waals surface area contributed by atoms with E-state index in [1.165, 1.54) is 0 Å². The molecule has 3 heterocycles. The molecular formula is C20H22N4O2S. The standard InChI is InChI=1S/C20H22N4O2S/c1-14-22-18-11-15(7-8-19(18)27-14)23-20(25)24-10-3-2-5-16(24)13-26-17-6-4-9-21-12-17/h4,6-9,11-12,16H,2-3,5,10,13H2,1H3,(H,23,25). The minimum absolute atomic E-state index is 0.0594. The maximum absolute atomic E-state index is 12.9. The number of nitrogens with zero attached hydrogens (tertiary/aromatic N) is 3. The van der Waals surface area contributed by atoms with Gasteiger partial charge in [-0.15, -0.1) is 11.3 Å². The van der Waals surface area contributed by atoms with Gasteiger partial charge >= 0.3 is 6.03 Å². The number of nitrogens with one attached hydrogen (secondary N) is 1. The number of pyridine rings is 1. The largest absolute Gasteiger partial charge is 0.490 e. The van der Waals surface area contributed by atoms with Crippen molar-refractivity contribution in [3.8, 4) is 5.75 Å². The van der Waals surface area contributed by atoms with Crippen LogP contribution in [0.15, 0.2) is 42.7 Å². The molecule has 4 rings (SSSR count). The summed E-state index contributed by atoms with van der Waals surface area (Å²) in [6, 6.07) is 9.58. The van der Waals surface area contributed by atoms with Gasteiger partial charge in [0, 0.05) is 18.4 Å². The summed E-state index contributed by atoms with van der Waals surface area (Å²) in [5, 5.41) is 4.05. The summed E-state index contributed by atoms with van der Waals surface area (Å²) in [6.07, 6.45) is 6.47. The zero-order valence-corrected chi connectivity index (χ0v) is 16.0. The van der Waals surface area contributed by atoms with Crippen LogP contribution in [0.5, 0.6) is 5.75 Å². The van der Waals surface area contributed by atoms with Gasteiger partial charge in [0.25, 0.3) is 0 Å². The fourth-order valence-corrected chi connectivity index (χ4v) is 4.19. The van der Waals surface area contributed by atoms with Crippen molar-refractivity contribution in [2.24, 2.45) is 0 Å². The normalized spacial score (nSPS) is 17.1. The molecule has 1 aliphatic heterocycles. The fourth-order valence-electron chi connectivity index (χ4n) is 3.38. The number of benzene rings is 1. The zero-order chi connectivity index (χ0) is 18.6. The highest BCUT2D eigenvalue weighted by molar-refractivity contribution is 7.18. The van der Waals surface area contributed by atoms with Crippen LogP contribution in [0.2, 0.25) is 0 Å². The van der Waals surface area contributed by atoms with Crippen molar-refractivity contribution >= 4 is 33.3 Å². The van der Waals surface area contributed by atoms with E-state index in [0.717, 1.165) is 52.5 Å².